The molecule has 0 fully saturated rings. The fourth-order valence-corrected chi connectivity index (χ4v) is 1.87. The molecule has 1 amide bonds. The van der Waals surface area contributed by atoms with Gasteiger partial charge in [0, 0.05) is 18.2 Å². The van der Waals surface area contributed by atoms with E-state index in [0.29, 0.717) is 5.56 Å². The zero-order valence-corrected chi connectivity index (χ0v) is 11.3. The van der Waals surface area contributed by atoms with E-state index in [9.17, 15) is 9.90 Å². The summed E-state index contributed by atoms with van der Waals surface area (Å²) in [6.45, 7) is 8.97. The quantitative estimate of drug-likeness (QED) is 0.810. The third-order valence-electron chi connectivity index (χ3n) is 2.91. The van der Waals surface area contributed by atoms with Crippen molar-refractivity contribution in [1.82, 2.24) is 10.2 Å². The summed E-state index contributed by atoms with van der Waals surface area (Å²) in [4.78, 5) is 14.2. The summed E-state index contributed by atoms with van der Waals surface area (Å²) in [5.41, 5.74) is 0.487. The molecule has 1 unspecified atom stereocenters. The normalized spacial score (nSPS) is 12.4. The molecule has 2 N–H and O–H groups in total. The lowest BCUT2D eigenvalue weighted by Gasteiger charge is -2.23. The number of rotatable bonds is 6. The maximum atomic E-state index is 11.9. The number of aromatic hydroxyl groups is 1. The number of nitrogens with one attached hydrogen (secondary N) is 1. The number of carbonyl (C=O) groups excluding carboxylic acids is 1. The zero-order valence-electron chi connectivity index (χ0n) is 11.3. The monoisotopic (exact) mass is 250 g/mol. The Morgan fingerprint density at radius 3 is 2.61 bits per heavy atom. The lowest BCUT2D eigenvalue weighted by molar-refractivity contribution is 0.0930. The molecule has 0 radical (unpaired) electrons. The largest absolute Gasteiger partial charge is 0.508 e. The van der Waals surface area contributed by atoms with Crippen molar-refractivity contribution in [2.45, 2.75) is 26.8 Å². The summed E-state index contributed by atoms with van der Waals surface area (Å²) in [6, 6.07) is 6.47. The van der Waals surface area contributed by atoms with Gasteiger partial charge in [-0.1, -0.05) is 19.9 Å². The van der Waals surface area contributed by atoms with E-state index in [-0.39, 0.29) is 17.7 Å². The third kappa shape index (κ3) is 4.37. The van der Waals surface area contributed by atoms with Crippen molar-refractivity contribution in [2.75, 3.05) is 19.6 Å². The molecule has 4 heteroatoms. The number of carbonyl (C=O) groups is 1. The maximum Gasteiger partial charge on any atom is 0.251 e. The van der Waals surface area contributed by atoms with Crippen LogP contribution in [0, 0.1) is 0 Å². The summed E-state index contributed by atoms with van der Waals surface area (Å²) in [7, 11) is 0. The Morgan fingerprint density at radius 2 is 2.06 bits per heavy atom. The predicted octanol–water partition coefficient (Wildman–Crippen LogP) is 1.85. The molecule has 1 rings (SSSR count). The van der Waals surface area contributed by atoms with Crippen molar-refractivity contribution in [1.29, 1.82) is 0 Å². The van der Waals surface area contributed by atoms with Gasteiger partial charge in [0.1, 0.15) is 5.75 Å². The van der Waals surface area contributed by atoms with Crippen LogP contribution >= 0.6 is 0 Å². The van der Waals surface area contributed by atoms with E-state index in [2.05, 4.69) is 24.1 Å². The second kappa shape index (κ2) is 7.01. The molecule has 0 spiro atoms. The molecule has 0 bridgehead atoms. The fourth-order valence-electron chi connectivity index (χ4n) is 1.87. The smallest absolute Gasteiger partial charge is 0.251 e. The molecular weight excluding hydrogens is 228 g/mol. The number of phenolic OH excluding ortho intramolecular Hbond substituents is 1. The van der Waals surface area contributed by atoms with Crippen LogP contribution in [-0.2, 0) is 0 Å². The van der Waals surface area contributed by atoms with Gasteiger partial charge in [-0.15, -0.1) is 0 Å². The van der Waals surface area contributed by atoms with Crippen molar-refractivity contribution in [3.63, 3.8) is 0 Å². The minimum atomic E-state index is -0.148. The SMILES string of the molecule is CCN(CC)CC(C)NC(=O)c1cccc(O)c1. The van der Waals surface area contributed by atoms with Gasteiger partial charge in [-0.05, 0) is 38.2 Å². The number of nitrogens with zero attached hydrogens (tertiary/aromatic N) is 1. The number of hydrogen-bond donors (Lipinski definition) is 2. The predicted molar refractivity (Wildman–Crippen MR) is 72.8 cm³/mol. The molecule has 18 heavy (non-hydrogen) atoms. The van der Waals surface area contributed by atoms with E-state index >= 15 is 0 Å². The zero-order chi connectivity index (χ0) is 13.5. The molecule has 0 aliphatic heterocycles. The second-order valence-electron chi connectivity index (χ2n) is 4.41. The van der Waals surface area contributed by atoms with Crippen LogP contribution in [0.1, 0.15) is 31.1 Å². The van der Waals surface area contributed by atoms with Gasteiger partial charge in [0.05, 0.1) is 0 Å². The summed E-state index contributed by atoms with van der Waals surface area (Å²) in [5, 5.41) is 12.3. The lowest BCUT2D eigenvalue weighted by atomic mass is 10.2. The first-order valence-electron chi connectivity index (χ1n) is 6.39. The summed E-state index contributed by atoms with van der Waals surface area (Å²) in [5.74, 6) is -0.0374. The Hall–Kier alpha value is -1.55. The second-order valence-corrected chi connectivity index (χ2v) is 4.41. The molecule has 1 aromatic carbocycles. The Labute approximate surface area is 109 Å². The first-order valence-corrected chi connectivity index (χ1v) is 6.39. The number of phenols is 1. The minimum absolute atomic E-state index is 0.0831. The van der Waals surface area contributed by atoms with Crippen LogP contribution in [0.3, 0.4) is 0 Å². The molecule has 0 saturated carbocycles. The van der Waals surface area contributed by atoms with Gasteiger partial charge in [0.25, 0.3) is 5.91 Å². The Balaban J connectivity index is 2.54. The topological polar surface area (TPSA) is 52.6 Å². The highest BCUT2D eigenvalue weighted by molar-refractivity contribution is 5.94. The van der Waals surface area contributed by atoms with Gasteiger partial charge in [-0.25, -0.2) is 0 Å². The van der Waals surface area contributed by atoms with E-state index < -0.39 is 0 Å². The maximum absolute atomic E-state index is 11.9. The van der Waals surface area contributed by atoms with Crippen LogP contribution in [-0.4, -0.2) is 41.6 Å². The van der Waals surface area contributed by atoms with Crippen LogP contribution in [0.4, 0.5) is 0 Å². The van der Waals surface area contributed by atoms with Gasteiger partial charge in [-0.3, -0.25) is 4.79 Å². The van der Waals surface area contributed by atoms with Crippen LogP contribution in [0.2, 0.25) is 0 Å². The van der Waals surface area contributed by atoms with Crippen molar-refractivity contribution in [3.05, 3.63) is 29.8 Å². The molecule has 0 saturated heterocycles. The lowest BCUT2D eigenvalue weighted by Crippen LogP contribution is -2.41. The number of amides is 1. The van der Waals surface area contributed by atoms with E-state index in [1.807, 2.05) is 6.92 Å². The summed E-state index contributed by atoms with van der Waals surface area (Å²) < 4.78 is 0. The van der Waals surface area contributed by atoms with Crippen LogP contribution in [0.5, 0.6) is 5.75 Å². The minimum Gasteiger partial charge on any atom is -0.508 e. The molecule has 1 atom stereocenters. The van der Waals surface area contributed by atoms with Crippen LogP contribution in [0.25, 0.3) is 0 Å². The summed E-state index contributed by atoms with van der Waals surface area (Å²) >= 11 is 0. The average Bonchev–Trinajstić information content (AvgIpc) is 2.35. The van der Waals surface area contributed by atoms with Gasteiger partial charge in [-0.2, -0.15) is 0 Å². The molecule has 4 nitrogen and oxygen atoms in total. The van der Waals surface area contributed by atoms with E-state index in [0.717, 1.165) is 19.6 Å². The average molecular weight is 250 g/mol. The molecule has 0 aliphatic carbocycles. The van der Waals surface area contributed by atoms with Crippen LogP contribution < -0.4 is 5.32 Å². The van der Waals surface area contributed by atoms with Gasteiger partial charge in [0.2, 0.25) is 0 Å². The van der Waals surface area contributed by atoms with Gasteiger partial charge >= 0.3 is 0 Å². The van der Waals surface area contributed by atoms with Gasteiger partial charge < -0.3 is 15.3 Å². The van der Waals surface area contributed by atoms with E-state index in [4.69, 9.17) is 0 Å². The third-order valence-corrected chi connectivity index (χ3v) is 2.91. The van der Waals surface area contributed by atoms with Crippen molar-refractivity contribution >= 4 is 5.91 Å². The highest BCUT2D eigenvalue weighted by atomic mass is 16.3. The molecule has 0 aliphatic rings. The molecular formula is C14H22N2O2. The van der Waals surface area contributed by atoms with E-state index in [1.165, 1.54) is 6.07 Å². The number of likely N-dealkylation sites (N-methyl/N-ethyl adjacent to an activating group) is 1. The fraction of sp³-hybridized carbons (Fsp3) is 0.500. The van der Waals surface area contributed by atoms with Gasteiger partial charge in [0.15, 0.2) is 0 Å². The first-order chi connectivity index (χ1) is 8.56. The Bertz CT molecular complexity index is 389. The Kier molecular flexibility index (Phi) is 5.65. The molecule has 1 aromatic rings. The molecule has 0 aromatic heterocycles. The van der Waals surface area contributed by atoms with Crippen molar-refractivity contribution < 1.29 is 9.90 Å². The first kappa shape index (κ1) is 14.5. The molecule has 100 valence electrons. The highest BCUT2D eigenvalue weighted by Crippen LogP contribution is 2.10. The standard InChI is InChI=1S/C14H22N2O2/c1-4-16(5-2)10-11(3)15-14(18)12-7-6-8-13(17)9-12/h6-9,11,17H,4-5,10H2,1-3H3,(H,15,18). The molecule has 0 heterocycles. The number of benzene rings is 1. The van der Waals surface area contributed by atoms with Crippen molar-refractivity contribution in [3.8, 4) is 5.75 Å². The summed E-state index contributed by atoms with van der Waals surface area (Å²) in [6.07, 6.45) is 0. The Morgan fingerprint density at radius 1 is 1.39 bits per heavy atom. The highest BCUT2D eigenvalue weighted by Gasteiger charge is 2.12. The van der Waals surface area contributed by atoms with E-state index in [1.54, 1.807) is 18.2 Å². The van der Waals surface area contributed by atoms with Crippen molar-refractivity contribution in [2.24, 2.45) is 0 Å². The van der Waals surface area contributed by atoms with Crippen LogP contribution in [0.15, 0.2) is 24.3 Å². The number of hydrogen-bond acceptors (Lipinski definition) is 3.